The zero-order valence-corrected chi connectivity index (χ0v) is 10.3. The SMILES string of the molecule is CC(CCC(=O)NO)C(=O)OC(=O)[C@@H]1CCCN1. The molecule has 1 fully saturated rings. The van der Waals surface area contributed by atoms with E-state index in [0.29, 0.717) is 6.42 Å². The zero-order valence-electron chi connectivity index (χ0n) is 10.3. The molecule has 0 radical (unpaired) electrons. The Morgan fingerprint density at radius 3 is 2.78 bits per heavy atom. The van der Waals surface area contributed by atoms with E-state index in [1.807, 2.05) is 0 Å². The lowest BCUT2D eigenvalue weighted by Crippen LogP contribution is -2.35. The van der Waals surface area contributed by atoms with Crippen LogP contribution < -0.4 is 10.8 Å². The number of nitrogens with one attached hydrogen (secondary N) is 2. The van der Waals surface area contributed by atoms with Gasteiger partial charge < -0.3 is 10.1 Å². The monoisotopic (exact) mass is 258 g/mol. The van der Waals surface area contributed by atoms with Gasteiger partial charge >= 0.3 is 11.9 Å². The van der Waals surface area contributed by atoms with Crippen molar-refractivity contribution >= 4 is 17.8 Å². The third kappa shape index (κ3) is 4.42. The number of carbonyl (C=O) groups is 3. The summed E-state index contributed by atoms with van der Waals surface area (Å²) in [5.41, 5.74) is 1.48. The molecular weight excluding hydrogens is 240 g/mol. The highest BCUT2D eigenvalue weighted by Gasteiger charge is 2.27. The molecule has 7 heteroatoms. The van der Waals surface area contributed by atoms with Crippen molar-refractivity contribution in [3.05, 3.63) is 0 Å². The first-order chi connectivity index (χ1) is 8.54. The maximum Gasteiger partial charge on any atom is 0.330 e. The summed E-state index contributed by atoms with van der Waals surface area (Å²) in [7, 11) is 0. The van der Waals surface area contributed by atoms with Gasteiger partial charge in [0.05, 0.1) is 5.92 Å². The van der Waals surface area contributed by atoms with Crippen molar-refractivity contribution < 1.29 is 24.3 Å². The Morgan fingerprint density at radius 2 is 2.22 bits per heavy atom. The Balaban J connectivity index is 2.30. The fourth-order valence-electron chi connectivity index (χ4n) is 1.68. The van der Waals surface area contributed by atoms with E-state index < -0.39 is 29.8 Å². The number of amides is 1. The lowest BCUT2D eigenvalue weighted by atomic mass is 10.1. The molecule has 1 aliphatic heterocycles. The molecule has 2 atom stereocenters. The van der Waals surface area contributed by atoms with E-state index in [9.17, 15) is 14.4 Å². The van der Waals surface area contributed by atoms with Gasteiger partial charge in [0.1, 0.15) is 6.04 Å². The minimum Gasteiger partial charge on any atom is -0.392 e. The quantitative estimate of drug-likeness (QED) is 0.271. The van der Waals surface area contributed by atoms with E-state index in [4.69, 9.17) is 9.94 Å². The second-order valence-corrected chi connectivity index (χ2v) is 4.36. The molecule has 1 saturated heterocycles. The molecule has 0 bridgehead atoms. The first kappa shape index (κ1) is 14.6. The summed E-state index contributed by atoms with van der Waals surface area (Å²) >= 11 is 0. The van der Waals surface area contributed by atoms with Gasteiger partial charge in [0.15, 0.2) is 0 Å². The lowest BCUT2D eigenvalue weighted by Gasteiger charge is -2.12. The minimum absolute atomic E-state index is 0.00261. The van der Waals surface area contributed by atoms with Crippen LogP contribution in [0.4, 0.5) is 0 Å². The van der Waals surface area contributed by atoms with Gasteiger partial charge in [0, 0.05) is 6.42 Å². The largest absolute Gasteiger partial charge is 0.392 e. The zero-order chi connectivity index (χ0) is 13.5. The van der Waals surface area contributed by atoms with Crippen molar-refractivity contribution in [2.24, 2.45) is 5.92 Å². The van der Waals surface area contributed by atoms with Crippen molar-refractivity contribution in [1.82, 2.24) is 10.8 Å². The average molecular weight is 258 g/mol. The molecule has 3 N–H and O–H groups in total. The Labute approximate surface area is 105 Å². The molecule has 1 heterocycles. The molecule has 0 aliphatic carbocycles. The van der Waals surface area contributed by atoms with E-state index in [1.54, 1.807) is 6.92 Å². The van der Waals surface area contributed by atoms with Crippen LogP contribution in [-0.2, 0) is 19.1 Å². The van der Waals surface area contributed by atoms with Gasteiger partial charge in [-0.2, -0.15) is 0 Å². The van der Waals surface area contributed by atoms with Gasteiger partial charge in [-0.1, -0.05) is 6.92 Å². The summed E-state index contributed by atoms with van der Waals surface area (Å²) in [4.78, 5) is 33.9. The first-order valence-electron chi connectivity index (χ1n) is 5.96. The third-order valence-corrected chi connectivity index (χ3v) is 2.88. The summed E-state index contributed by atoms with van der Waals surface area (Å²) in [5.74, 6) is -2.33. The van der Waals surface area contributed by atoms with Crippen LogP contribution in [0.5, 0.6) is 0 Å². The van der Waals surface area contributed by atoms with Gasteiger partial charge in [-0.05, 0) is 25.8 Å². The van der Waals surface area contributed by atoms with Gasteiger partial charge in [-0.25, -0.2) is 10.3 Å². The molecule has 1 aliphatic rings. The number of rotatable bonds is 5. The Kier molecular flexibility index (Phi) is 5.73. The number of ether oxygens (including phenoxy) is 1. The molecule has 1 unspecified atom stereocenters. The van der Waals surface area contributed by atoms with E-state index in [0.717, 1.165) is 13.0 Å². The highest BCUT2D eigenvalue weighted by atomic mass is 16.6. The van der Waals surface area contributed by atoms with E-state index in [-0.39, 0.29) is 12.8 Å². The van der Waals surface area contributed by atoms with Crippen molar-refractivity contribution in [1.29, 1.82) is 0 Å². The van der Waals surface area contributed by atoms with E-state index in [1.165, 1.54) is 5.48 Å². The van der Waals surface area contributed by atoms with Crippen LogP contribution in [0, 0.1) is 5.92 Å². The number of hydrogen-bond donors (Lipinski definition) is 3. The summed E-state index contributed by atoms with van der Waals surface area (Å²) in [6, 6.07) is -0.401. The smallest absolute Gasteiger partial charge is 0.330 e. The van der Waals surface area contributed by atoms with Crippen molar-refractivity contribution in [3.8, 4) is 0 Å². The summed E-state index contributed by atoms with van der Waals surface area (Å²) in [5, 5.41) is 11.2. The fourth-order valence-corrected chi connectivity index (χ4v) is 1.68. The van der Waals surface area contributed by atoms with Gasteiger partial charge in [0.2, 0.25) is 5.91 Å². The second kappa shape index (κ2) is 7.07. The normalized spacial score (nSPS) is 20.2. The predicted molar refractivity (Wildman–Crippen MR) is 60.5 cm³/mol. The van der Waals surface area contributed by atoms with E-state index in [2.05, 4.69) is 5.32 Å². The average Bonchev–Trinajstić information content (AvgIpc) is 2.89. The fraction of sp³-hybridized carbons (Fsp3) is 0.727. The molecule has 18 heavy (non-hydrogen) atoms. The summed E-state index contributed by atoms with van der Waals surface area (Å²) in [6.45, 7) is 2.32. The van der Waals surface area contributed by atoms with Crippen LogP contribution in [0.15, 0.2) is 0 Å². The topological polar surface area (TPSA) is 105 Å². The highest BCUT2D eigenvalue weighted by molar-refractivity contribution is 5.89. The molecule has 0 aromatic carbocycles. The lowest BCUT2D eigenvalue weighted by molar-refractivity contribution is -0.163. The molecule has 1 amide bonds. The van der Waals surface area contributed by atoms with Gasteiger partial charge in [0.25, 0.3) is 0 Å². The van der Waals surface area contributed by atoms with Crippen molar-refractivity contribution in [2.75, 3.05) is 6.54 Å². The molecule has 7 nitrogen and oxygen atoms in total. The van der Waals surface area contributed by atoms with Crippen LogP contribution in [0.1, 0.15) is 32.6 Å². The molecule has 0 aromatic rings. The standard InChI is InChI=1S/C11H18N2O5/c1-7(4-5-9(14)13-17)10(15)18-11(16)8-3-2-6-12-8/h7-8,12,17H,2-6H2,1H3,(H,13,14)/t7?,8-/m0/s1. The van der Waals surface area contributed by atoms with Crippen molar-refractivity contribution in [3.63, 3.8) is 0 Å². The number of hydrogen-bond acceptors (Lipinski definition) is 6. The Bertz CT molecular complexity index is 325. The molecule has 102 valence electrons. The third-order valence-electron chi connectivity index (χ3n) is 2.88. The van der Waals surface area contributed by atoms with Crippen molar-refractivity contribution in [2.45, 2.75) is 38.6 Å². The minimum atomic E-state index is -0.639. The maximum absolute atomic E-state index is 11.5. The molecule has 0 spiro atoms. The molecule has 0 saturated carbocycles. The van der Waals surface area contributed by atoms with Crippen LogP contribution >= 0.6 is 0 Å². The van der Waals surface area contributed by atoms with Crippen LogP contribution in [0.3, 0.4) is 0 Å². The summed E-state index contributed by atoms with van der Waals surface area (Å²) in [6.07, 6.45) is 1.78. The first-order valence-corrected chi connectivity index (χ1v) is 5.96. The molecule has 1 rings (SSSR count). The van der Waals surface area contributed by atoms with Gasteiger partial charge in [-0.3, -0.25) is 14.8 Å². The Morgan fingerprint density at radius 1 is 1.50 bits per heavy atom. The Hall–Kier alpha value is -1.47. The molecule has 0 aromatic heterocycles. The summed E-state index contributed by atoms with van der Waals surface area (Å²) < 4.78 is 4.73. The van der Waals surface area contributed by atoms with Crippen LogP contribution in [-0.4, -0.2) is 35.6 Å². The van der Waals surface area contributed by atoms with Crippen LogP contribution in [0.25, 0.3) is 0 Å². The van der Waals surface area contributed by atoms with E-state index >= 15 is 0 Å². The second-order valence-electron chi connectivity index (χ2n) is 4.36. The number of carbonyl (C=O) groups excluding carboxylic acids is 3. The van der Waals surface area contributed by atoms with Crippen LogP contribution in [0.2, 0.25) is 0 Å². The number of hydroxylamine groups is 1. The number of esters is 2. The maximum atomic E-state index is 11.5. The highest BCUT2D eigenvalue weighted by Crippen LogP contribution is 2.11. The van der Waals surface area contributed by atoms with Gasteiger partial charge in [-0.15, -0.1) is 0 Å². The molecular formula is C11H18N2O5. The predicted octanol–water partition coefficient (Wildman–Crippen LogP) is -0.270.